The Kier molecular flexibility index (Phi) is 8.36. The van der Waals surface area contributed by atoms with Crippen molar-refractivity contribution in [2.75, 3.05) is 20.2 Å². The van der Waals surface area contributed by atoms with E-state index in [-0.39, 0.29) is 12.1 Å². The van der Waals surface area contributed by atoms with Crippen LogP contribution in [0.25, 0.3) is 0 Å². The molecule has 4 saturated carbocycles. The van der Waals surface area contributed by atoms with Crippen molar-refractivity contribution in [3.05, 3.63) is 0 Å². The Bertz CT molecular complexity index is 701. The number of hydrogen-bond acceptors (Lipinski definition) is 5. The maximum absolute atomic E-state index is 11.6. The van der Waals surface area contributed by atoms with Gasteiger partial charge in [-0.05, 0) is 111 Å². The van der Waals surface area contributed by atoms with E-state index in [2.05, 4.69) is 26.1 Å². The molecule has 0 bridgehead atoms. The van der Waals surface area contributed by atoms with Gasteiger partial charge in [-0.15, -0.1) is 0 Å². The van der Waals surface area contributed by atoms with Crippen molar-refractivity contribution in [1.82, 2.24) is 5.32 Å². The first-order valence-electron chi connectivity index (χ1n) is 14.5. The molecule has 5 nitrogen and oxygen atoms in total. The number of fused-ring (bicyclic) bond motifs is 5. The molecule has 4 fully saturated rings. The normalized spacial score (nSPS) is 44.6. The third kappa shape index (κ3) is 4.70. The van der Waals surface area contributed by atoms with Crippen molar-refractivity contribution in [2.45, 2.75) is 110 Å². The molecule has 0 saturated heterocycles. The van der Waals surface area contributed by atoms with Crippen molar-refractivity contribution in [1.29, 1.82) is 0 Å². The van der Waals surface area contributed by atoms with Crippen molar-refractivity contribution >= 4 is 5.97 Å². The van der Waals surface area contributed by atoms with Crippen LogP contribution in [0.5, 0.6) is 0 Å². The Morgan fingerprint density at radius 3 is 2.56 bits per heavy atom. The number of hydrogen-bond donors (Lipinski definition) is 3. The highest BCUT2D eigenvalue weighted by molar-refractivity contribution is 5.68. The molecule has 10 atom stereocenters. The average molecular weight is 477 g/mol. The van der Waals surface area contributed by atoms with E-state index in [0.717, 1.165) is 31.7 Å². The van der Waals surface area contributed by atoms with Gasteiger partial charge in [-0.3, -0.25) is 4.79 Å². The Hall–Kier alpha value is -0.650. The molecule has 0 aromatic heterocycles. The summed E-state index contributed by atoms with van der Waals surface area (Å²) in [7, 11) is 1.49. The molecule has 0 heterocycles. The minimum absolute atomic E-state index is 0.0769. The summed E-state index contributed by atoms with van der Waals surface area (Å²) in [5.41, 5.74) is 6.47. The third-order valence-corrected chi connectivity index (χ3v) is 11.6. The SMILES string of the molecule is CCC(CCCC(=O)OC)C1CCC2C3C(CCC12C)C1(C)CCC(NCCN)CC1C[C@H]3O. The quantitative estimate of drug-likeness (QED) is 0.412. The number of carbonyl (C=O) groups is 1. The second-order valence-electron chi connectivity index (χ2n) is 12.9. The van der Waals surface area contributed by atoms with Crippen LogP contribution in [0.4, 0.5) is 0 Å². The first-order chi connectivity index (χ1) is 16.3. The average Bonchev–Trinajstić information content (AvgIpc) is 3.18. The zero-order valence-corrected chi connectivity index (χ0v) is 22.4. The summed E-state index contributed by atoms with van der Waals surface area (Å²) in [6.45, 7) is 9.10. The minimum Gasteiger partial charge on any atom is -0.469 e. The van der Waals surface area contributed by atoms with Crippen LogP contribution in [0.3, 0.4) is 0 Å². The fourth-order valence-corrected chi connectivity index (χ4v) is 9.81. The maximum atomic E-state index is 11.6. The third-order valence-electron chi connectivity index (χ3n) is 11.6. The van der Waals surface area contributed by atoms with Crippen LogP contribution in [0.2, 0.25) is 0 Å². The van der Waals surface area contributed by atoms with Crippen LogP contribution in [-0.2, 0) is 9.53 Å². The number of aliphatic hydroxyl groups excluding tert-OH is 1. The molecule has 0 amide bonds. The van der Waals surface area contributed by atoms with Crippen LogP contribution in [0.1, 0.15) is 97.8 Å². The van der Waals surface area contributed by atoms with Gasteiger partial charge < -0.3 is 20.9 Å². The summed E-state index contributed by atoms with van der Waals surface area (Å²) in [5.74, 6) is 3.79. The van der Waals surface area contributed by atoms with Crippen molar-refractivity contribution in [3.63, 3.8) is 0 Å². The lowest BCUT2D eigenvalue weighted by Gasteiger charge is -2.62. The van der Waals surface area contributed by atoms with Crippen LogP contribution in [0.15, 0.2) is 0 Å². The predicted octanol–water partition coefficient (Wildman–Crippen LogP) is 4.90. The minimum atomic E-state index is -0.140. The smallest absolute Gasteiger partial charge is 0.305 e. The molecule has 0 radical (unpaired) electrons. The van der Waals surface area contributed by atoms with Gasteiger partial charge in [0.05, 0.1) is 13.2 Å². The Labute approximate surface area is 208 Å². The van der Waals surface area contributed by atoms with Crippen LogP contribution >= 0.6 is 0 Å². The fraction of sp³-hybridized carbons (Fsp3) is 0.966. The predicted molar refractivity (Wildman–Crippen MR) is 137 cm³/mol. The lowest BCUT2D eigenvalue weighted by Crippen LogP contribution is -2.59. The van der Waals surface area contributed by atoms with Gasteiger partial charge in [-0.2, -0.15) is 0 Å². The first kappa shape index (κ1) is 26.4. The van der Waals surface area contributed by atoms with Gasteiger partial charge in [0.25, 0.3) is 0 Å². The van der Waals surface area contributed by atoms with Crippen molar-refractivity contribution in [2.24, 2.45) is 52.1 Å². The highest BCUT2D eigenvalue weighted by atomic mass is 16.5. The number of rotatable bonds is 9. The standard InChI is InChI=1S/C29H52N2O3/c1-5-19(7-6-8-26(33)34-4)22-9-10-23-27-24(12-14-29(22,23)3)28(2)13-11-21(31-16-15-30)17-20(28)18-25(27)32/h19-25,27,31-32H,5-18,30H2,1-4H3/t19?,20?,21?,22?,23?,24?,25-,27?,28?,29?/m1/s1. The second-order valence-corrected chi connectivity index (χ2v) is 12.9. The molecule has 0 aromatic rings. The molecular formula is C29H52N2O3. The monoisotopic (exact) mass is 476 g/mol. The molecule has 34 heavy (non-hydrogen) atoms. The number of carbonyl (C=O) groups excluding carboxylic acids is 1. The van der Waals surface area contributed by atoms with E-state index in [4.69, 9.17) is 10.5 Å². The zero-order chi connectivity index (χ0) is 24.5. The van der Waals surface area contributed by atoms with Gasteiger partial charge in [0, 0.05) is 25.6 Å². The molecule has 0 spiro atoms. The van der Waals surface area contributed by atoms with E-state index < -0.39 is 0 Å². The highest BCUT2D eigenvalue weighted by Crippen LogP contribution is 2.68. The van der Waals surface area contributed by atoms with Gasteiger partial charge in [0.15, 0.2) is 0 Å². The lowest BCUT2D eigenvalue weighted by atomic mass is 9.43. The van der Waals surface area contributed by atoms with E-state index in [1.165, 1.54) is 58.5 Å². The number of aliphatic hydroxyl groups is 1. The van der Waals surface area contributed by atoms with E-state index in [9.17, 15) is 9.90 Å². The summed E-state index contributed by atoms with van der Waals surface area (Å²) in [5, 5.41) is 15.3. The highest BCUT2D eigenvalue weighted by Gasteiger charge is 2.62. The summed E-state index contributed by atoms with van der Waals surface area (Å²) >= 11 is 0. The van der Waals surface area contributed by atoms with E-state index >= 15 is 0 Å². The molecule has 4 rings (SSSR count). The number of nitrogens with two attached hydrogens (primary N) is 1. The Morgan fingerprint density at radius 2 is 1.85 bits per heavy atom. The molecular weight excluding hydrogens is 424 g/mol. The topological polar surface area (TPSA) is 84.6 Å². The number of ether oxygens (including phenoxy) is 1. The summed E-state index contributed by atoms with van der Waals surface area (Å²) < 4.78 is 4.87. The van der Waals surface area contributed by atoms with Crippen LogP contribution < -0.4 is 11.1 Å². The molecule has 0 aromatic carbocycles. The lowest BCUT2D eigenvalue weighted by molar-refractivity contribution is -0.167. The van der Waals surface area contributed by atoms with E-state index in [1.54, 1.807) is 0 Å². The van der Waals surface area contributed by atoms with Gasteiger partial charge in [0.2, 0.25) is 0 Å². The summed E-state index contributed by atoms with van der Waals surface area (Å²) in [6.07, 6.45) is 13.6. The summed E-state index contributed by atoms with van der Waals surface area (Å²) in [4.78, 5) is 11.6. The first-order valence-corrected chi connectivity index (χ1v) is 14.5. The molecule has 4 aliphatic rings. The van der Waals surface area contributed by atoms with Crippen molar-refractivity contribution in [3.8, 4) is 0 Å². The van der Waals surface area contributed by atoms with Crippen LogP contribution in [0, 0.1) is 46.3 Å². The van der Waals surface area contributed by atoms with Crippen LogP contribution in [-0.4, -0.2) is 43.4 Å². The van der Waals surface area contributed by atoms with Crippen molar-refractivity contribution < 1.29 is 14.6 Å². The largest absolute Gasteiger partial charge is 0.469 e. The summed E-state index contributed by atoms with van der Waals surface area (Å²) in [6, 6.07) is 0.574. The molecule has 196 valence electrons. The number of esters is 1. The van der Waals surface area contributed by atoms with Gasteiger partial charge in [-0.1, -0.05) is 27.2 Å². The maximum Gasteiger partial charge on any atom is 0.305 e. The fourth-order valence-electron chi connectivity index (χ4n) is 9.81. The molecule has 9 unspecified atom stereocenters. The van der Waals surface area contributed by atoms with E-state index in [1.807, 2.05) is 0 Å². The molecule has 4 N–H and O–H groups in total. The second kappa shape index (κ2) is 10.8. The Balaban J connectivity index is 1.46. The Morgan fingerprint density at radius 1 is 1.12 bits per heavy atom. The van der Waals surface area contributed by atoms with Gasteiger partial charge >= 0.3 is 5.97 Å². The number of nitrogens with one attached hydrogen (secondary N) is 1. The zero-order valence-electron chi connectivity index (χ0n) is 22.4. The number of methoxy groups -OCH3 is 1. The van der Waals surface area contributed by atoms with E-state index in [0.29, 0.717) is 59.4 Å². The molecule has 4 aliphatic carbocycles. The van der Waals surface area contributed by atoms with Gasteiger partial charge in [-0.25, -0.2) is 0 Å². The molecule has 0 aliphatic heterocycles. The molecule has 5 heteroatoms. The van der Waals surface area contributed by atoms with Gasteiger partial charge in [0.1, 0.15) is 0 Å².